The zero-order valence-electron chi connectivity index (χ0n) is 6.15. The zero-order chi connectivity index (χ0) is 8.43. The van der Waals surface area contributed by atoms with Crippen molar-refractivity contribution >= 4 is 23.2 Å². The highest BCUT2D eigenvalue weighted by Crippen LogP contribution is 2.10. The van der Waals surface area contributed by atoms with Crippen LogP contribution >= 0.6 is 12.2 Å². The first-order valence-corrected chi connectivity index (χ1v) is 3.70. The molecule has 1 heterocycles. The third kappa shape index (κ3) is 1.57. The Balaban J connectivity index is 2.71. The van der Waals surface area contributed by atoms with Crippen LogP contribution in [0, 0.1) is 0 Å². The summed E-state index contributed by atoms with van der Waals surface area (Å²) in [5.41, 5.74) is 0. The molecule has 11 heavy (non-hydrogen) atoms. The lowest BCUT2D eigenvalue weighted by molar-refractivity contribution is -0.139. The lowest BCUT2D eigenvalue weighted by atomic mass is 10.3. The Hall–Kier alpha value is -0.900. The van der Waals surface area contributed by atoms with Gasteiger partial charge in [-0.25, -0.2) is 4.79 Å². The molecule has 4 heteroatoms. The minimum absolute atomic E-state index is 0.549. The number of carbonyl (C=O) groups is 1. The van der Waals surface area contributed by atoms with Crippen molar-refractivity contribution in [1.29, 1.82) is 0 Å². The third-order valence-corrected chi connectivity index (χ3v) is 1.85. The number of nitrogens with zero attached hydrogens (tertiary/aromatic N) is 1. The molecule has 0 amide bonds. The van der Waals surface area contributed by atoms with Crippen molar-refractivity contribution in [3.63, 3.8) is 0 Å². The first kappa shape index (κ1) is 8.20. The van der Waals surface area contributed by atoms with Crippen LogP contribution in [-0.2, 0) is 4.79 Å². The van der Waals surface area contributed by atoms with Crippen LogP contribution in [0.25, 0.3) is 0 Å². The maximum absolute atomic E-state index is 10.6. The van der Waals surface area contributed by atoms with E-state index in [0.29, 0.717) is 11.5 Å². The summed E-state index contributed by atoms with van der Waals surface area (Å²) in [5.74, 6) is -0.844. The molecular formula is C7H9NO2S. The van der Waals surface area contributed by atoms with Crippen LogP contribution in [-0.4, -0.2) is 33.6 Å². The molecule has 1 rings (SSSR count). The molecule has 1 atom stereocenters. The van der Waals surface area contributed by atoms with E-state index in [9.17, 15) is 4.79 Å². The number of thiocarbonyl (C=S) groups is 1. The van der Waals surface area contributed by atoms with Crippen LogP contribution in [0.3, 0.4) is 0 Å². The van der Waals surface area contributed by atoms with Crippen LogP contribution in [0.4, 0.5) is 0 Å². The first-order chi connectivity index (χ1) is 5.13. The zero-order valence-corrected chi connectivity index (χ0v) is 6.97. The van der Waals surface area contributed by atoms with Gasteiger partial charge in [-0.3, -0.25) is 0 Å². The predicted molar refractivity (Wildman–Crippen MR) is 45.5 cm³/mol. The van der Waals surface area contributed by atoms with E-state index < -0.39 is 12.0 Å². The molecule has 0 spiro atoms. The Kier molecular flexibility index (Phi) is 2.24. The SMILES string of the molecule is CC(=S)N1CC=CC1C(=O)O. The smallest absolute Gasteiger partial charge is 0.330 e. The fourth-order valence-electron chi connectivity index (χ4n) is 1.06. The van der Waals surface area contributed by atoms with Crippen LogP contribution in [0.1, 0.15) is 6.92 Å². The van der Waals surface area contributed by atoms with E-state index in [2.05, 4.69) is 0 Å². The molecular weight excluding hydrogens is 162 g/mol. The van der Waals surface area contributed by atoms with E-state index >= 15 is 0 Å². The Morgan fingerprint density at radius 2 is 2.45 bits per heavy atom. The number of carboxylic acids is 1. The van der Waals surface area contributed by atoms with Crippen molar-refractivity contribution in [2.75, 3.05) is 6.54 Å². The second kappa shape index (κ2) is 3.00. The van der Waals surface area contributed by atoms with E-state index in [4.69, 9.17) is 17.3 Å². The highest BCUT2D eigenvalue weighted by atomic mass is 32.1. The van der Waals surface area contributed by atoms with Gasteiger partial charge >= 0.3 is 5.97 Å². The van der Waals surface area contributed by atoms with E-state index in [0.717, 1.165) is 0 Å². The molecule has 3 nitrogen and oxygen atoms in total. The minimum atomic E-state index is -0.844. The highest BCUT2D eigenvalue weighted by Gasteiger charge is 2.25. The van der Waals surface area contributed by atoms with E-state index in [1.807, 2.05) is 6.08 Å². The maximum atomic E-state index is 10.6. The second-order valence-corrected chi connectivity index (χ2v) is 2.97. The molecule has 1 N–H and O–H groups in total. The standard InChI is InChI=1S/C7H9NO2S/c1-5(11)8-4-2-3-6(8)7(9)10/h2-3,6H,4H2,1H3,(H,9,10). The monoisotopic (exact) mass is 171 g/mol. The van der Waals surface area contributed by atoms with Gasteiger partial charge in [0.15, 0.2) is 0 Å². The maximum Gasteiger partial charge on any atom is 0.330 e. The molecule has 0 aliphatic carbocycles. The Morgan fingerprint density at radius 1 is 1.82 bits per heavy atom. The van der Waals surface area contributed by atoms with Crippen molar-refractivity contribution in [2.24, 2.45) is 0 Å². The van der Waals surface area contributed by atoms with E-state index in [1.165, 1.54) is 0 Å². The van der Waals surface area contributed by atoms with Gasteiger partial charge in [-0.2, -0.15) is 0 Å². The molecule has 60 valence electrons. The number of hydrogen-bond acceptors (Lipinski definition) is 2. The fourth-order valence-corrected chi connectivity index (χ4v) is 1.25. The molecule has 0 saturated heterocycles. The van der Waals surface area contributed by atoms with E-state index in [1.54, 1.807) is 17.9 Å². The highest BCUT2D eigenvalue weighted by molar-refractivity contribution is 7.80. The van der Waals surface area contributed by atoms with Gasteiger partial charge in [0.05, 0.1) is 4.99 Å². The van der Waals surface area contributed by atoms with Crippen molar-refractivity contribution in [2.45, 2.75) is 13.0 Å². The number of carboxylic acid groups (broad SMARTS) is 1. The summed E-state index contributed by atoms with van der Waals surface area (Å²) in [6.45, 7) is 2.35. The summed E-state index contributed by atoms with van der Waals surface area (Å²) < 4.78 is 0. The normalized spacial score (nSPS) is 22.3. The lowest BCUT2D eigenvalue weighted by Crippen LogP contribution is -2.38. The summed E-state index contributed by atoms with van der Waals surface area (Å²) in [7, 11) is 0. The lowest BCUT2D eigenvalue weighted by Gasteiger charge is -2.21. The molecule has 0 saturated carbocycles. The van der Waals surface area contributed by atoms with Gasteiger partial charge in [0.2, 0.25) is 0 Å². The van der Waals surface area contributed by atoms with Crippen LogP contribution in [0.2, 0.25) is 0 Å². The van der Waals surface area contributed by atoms with Gasteiger partial charge in [-0.15, -0.1) is 0 Å². The number of aliphatic carboxylic acids is 1. The van der Waals surface area contributed by atoms with Crippen molar-refractivity contribution < 1.29 is 9.90 Å². The molecule has 0 fully saturated rings. The van der Waals surface area contributed by atoms with Gasteiger partial charge < -0.3 is 10.0 Å². The fraction of sp³-hybridized carbons (Fsp3) is 0.429. The molecule has 0 aromatic carbocycles. The summed E-state index contributed by atoms with van der Waals surface area (Å²) in [5, 5.41) is 8.68. The molecule has 0 radical (unpaired) electrons. The van der Waals surface area contributed by atoms with Crippen molar-refractivity contribution in [3.8, 4) is 0 Å². The third-order valence-electron chi connectivity index (χ3n) is 1.61. The quantitative estimate of drug-likeness (QED) is 0.465. The molecule has 1 unspecified atom stereocenters. The van der Waals surface area contributed by atoms with Gasteiger partial charge in [0.1, 0.15) is 6.04 Å². The number of hydrogen-bond donors (Lipinski definition) is 1. The predicted octanol–water partition coefficient (Wildman–Crippen LogP) is 0.659. The molecule has 1 aliphatic heterocycles. The van der Waals surface area contributed by atoms with E-state index in [-0.39, 0.29) is 0 Å². The van der Waals surface area contributed by atoms with Crippen molar-refractivity contribution in [1.82, 2.24) is 4.90 Å². The Labute approximate surface area is 70.3 Å². The van der Waals surface area contributed by atoms with Crippen LogP contribution < -0.4 is 0 Å². The summed E-state index contributed by atoms with van der Waals surface area (Å²) in [4.78, 5) is 12.9. The van der Waals surface area contributed by atoms with Crippen LogP contribution in [0.5, 0.6) is 0 Å². The molecule has 1 aliphatic rings. The second-order valence-electron chi connectivity index (χ2n) is 2.38. The summed E-state index contributed by atoms with van der Waals surface area (Å²) in [6, 6.07) is -0.549. The average Bonchev–Trinajstić information content (AvgIpc) is 2.32. The molecule has 0 aromatic heterocycles. The van der Waals surface area contributed by atoms with Gasteiger partial charge in [-0.05, 0) is 6.92 Å². The van der Waals surface area contributed by atoms with Gasteiger partial charge in [-0.1, -0.05) is 24.4 Å². The van der Waals surface area contributed by atoms with Gasteiger partial charge in [0.25, 0.3) is 0 Å². The summed E-state index contributed by atoms with van der Waals surface area (Å²) in [6.07, 6.45) is 3.46. The largest absolute Gasteiger partial charge is 0.479 e. The minimum Gasteiger partial charge on any atom is -0.479 e. The van der Waals surface area contributed by atoms with Crippen molar-refractivity contribution in [3.05, 3.63) is 12.2 Å². The van der Waals surface area contributed by atoms with Crippen LogP contribution in [0.15, 0.2) is 12.2 Å². The molecule has 0 bridgehead atoms. The Morgan fingerprint density at radius 3 is 2.82 bits per heavy atom. The number of rotatable bonds is 1. The Bertz CT molecular complexity index is 224. The topological polar surface area (TPSA) is 40.5 Å². The van der Waals surface area contributed by atoms with Gasteiger partial charge in [0, 0.05) is 6.54 Å². The first-order valence-electron chi connectivity index (χ1n) is 3.29. The average molecular weight is 171 g/mol. The molecule has 0 aromatic rings. The summed E-state index contributed by atoms with van der Waals surface area (Å²) >= 11 is 4.87.